The zero-order chi connectivity index (χ0) is 19.0. The summed E-state index contributed by atoms with van der Waals surface area (Å²) < 4.78 is 10.5. The van der Waals surface area contributed by atoms with Gasteiger partial charge < -0.3 is 20.2 Å². The molecule has 0 aliphatic carbocycles. The fourth-order valence-electron chi connectivity index (χ4n) is 3.03. The molecule has 0 fully saturated rings. The van der Waals surface area contributed by atoms with Crippen LogP contribution in [0.2, 0.25) is 0 Å². The van der Waals surface area contributed by atoms with E-state index in [4.69, 9.17) is 14.9 Å². The van der Waals surface area contributed by atoms with E-state index in [0.717, 1.165) is 11.3 Å². The lowest BCUT2D eigenvalue weighted by Gasteiger charge is -2.05. The lowest BCUT2D eigenvalue weighted by Crippen LogP contribution is -2.03. The SMILES string of the molecule is COC(=O)c1ccc(-c2ccc(C=C3C(=O)Nc4ccccc43)o2)c(N)c1. The first-order valence-electron chi connectivity index (χ1n) is 8.27. The van der Waals surface area contributed by atoms with Crippen molar-refractivity contribution in [1.82, 2.24) is 0 Å². The number of nitrogen functional groups attached to an aromatic ring is 1. The second kappa shape index (κ2) is 6.49. The monoisotopic (exact) mass is 360 g/mol. The number of nitrogens with two attached hydrogens (primary N) is 1. The molecular weight excluding hydrogens is 344 g/mol. The summed E-state index contributed by atoms with van der Waals surface area (Å²) in [6, 6.07) is 15.9. The maximum atomic E-state index is 12.2. The molecule has 6 nitrogen and oxygen atoms in total. The molecule has 134 valence electrons. The molecule has 0 radical (unpaired) electrons. The normalized spacial score (nSPS) is 14.1. The van der Waals surface area contributed by atoms with Crippen LogP contribution >= 0.6 is 0 Å². The highest BCUT2D eigenvalue weighted by atomic mass is 16.5. The Balaban J connectivity index is 1.67. The van der Waals surface area contributed by atoms with Crippen molar-refractivity contribution >= 4 is 34.9 Å². The molecule has 0 bridgehead atoms. The van der Waals surface area contributed by atoms with Crippen molar-refractivity contribution in [3.63, 3.8) is 0 Å². The number of methoxy groups -OCH3 is 1. The van der Waals surface area contributed by atoms with Crippen LogP contribution in [0.4, 0.5) is 11.4 Å². The van der Waals surface area contributed by atoms with Crippen molar-refractivity contribution in [3.05, 3.63) is 71.5 Å². The predicted octanol–water partition coefficient (Wildman–Crippen LogP) is 3.81. The van der Waals surface area contributed by atoms with Crippen LogP contribution in [0.25, 0.3) is 23.0 Å². The van der Waals surface area contributed by atoms with Gasteiger partial charge in [0.1, 0.15) is 11.5 Å². The number of anilines is 2. The van der Waals surface area contributed by atoms with Crippen LogP contribution in [0.1, 0.15) is 21.7 Å². The largest absolute Gasteiger partial charge is 0.465 e. The molecule has 0 saturated heterocycles. The maximum absolute atomic E-state index is 12.2. The highest BCUT2D eigenvalue weighted by Crippen LogP contribution is 2.34. The molecule has 2 heterocycles. The van der Waals surface area contributed by atoms with E-state index in [-0.39, 0.29) is 5.91 Å². The van der Waals surface area contributed by atoms with Crippen LogP contribution in [-0.4, -0.2) is 19.0 Å². The molecule has 0 spiro atoms. The number of furan rings is 1. The minimum atomic E-state index is -0.455. The number of para-hydroxylation sites is 1. The summed E-state index contributed by atoms with van der Waals surface area (Å²) in [5, 5.41) is 2.82. The summed E-state index contributed by atoms with van der Waals surface area (Å²) in [5.74, 6) is 0.450. The summed E-state index contributed by atoms with van der Waals surface area (Å²) in [7, 11) is 1.32. The van der Waals surface area contributed by atoms with Gasteiger partial charge in [-0.05, 0) is 42.5 Å². The number of esters is 1. The van der Waals surface area contributed by atoms with Gasteiger partial charge in [-0.1, -0.05) is 18.2 Å². The molecule has 1 amide bonds. The summed E-state index contributed by atoms with van der Waals surface area (Å²) in [6.45, 7) is 0. The molecule has 4 rings (SSSR count). The minimum Gasteiger partial charge on any atom is -0.465 e. The third-order valence-corrected chi connectivity index (χ3v) is 4.36. The number of fused-ring (bicyclic) bond motifs is 1. The molecule has 1 aliphatic rings. The summed E-state index contributed by atoms with van der Waals surface area (Å²) >= 11 is 0. The number of hydrogen-bond acceptors (Lipinski definition) is 5. The third-order valence-electron chi connectivity index (χ3n) is 4.36. The van der Waals surface area contributed by atoms with Crippen LogP contribution in [-0.2, 0) is 9.53 Å². The fraction of sp³-hybridized carbons (Fsp3) is 0.0476. The number of ether oxygens (including phenoxy) is 1. The Morgan fingerprint density at radius 2 is 1.93 bits per heavy atom. The van der Waals surface area contributed by atoms with Gasteiger partial charge >= 0.3 is 5.97 Å². The first kappa shape index (κ1) is 16.7. The van der Waals surface area contributed by atoms with E-state index in [0.29, 0.717) is 33.9 Å². The van der Waals surface area contributed by atoms with Crippen LogP contribution in [0, 0.1) is 0 Å². The Labute approximate surface area is 155 Å². The van der Waals surface area contributed by atoms with Gasteiger partial charge in [-0.25, -0.2) is 4.79 Å². The fourth-order valence-corrected chi connectivity index (χ4v) is 3.03. The first-order valence-corrected chi connectivity index (χ1v) is 8.27. The smallest absolute Gasteiger partial charge is 0.337 e. The Morgan fingerprint density at radius 3 is 2.70 bits per heavy atom. The number of benzene rings is 2. The number of rotatable bonds is 3. The van der Waals surface area contributed by atoms with Gasteiger partial charge in [-0.15, -0.1) is 0 Å². The molecule has 2 aromatic carbocycles. The molecule has 3 N–H and O–H groups in total. The molecule has 27 heavy (non-hydrogen) atoms. The molecule has 0 atom stereocenters. The number of carbonyl (C=O) groups is 2. The first-order chi connectivity index (χ1) is 13.1. The second-order valence-corrected chi connectivity index (χ2v) is 6.05. The third kappa shape index (κ3) is 2.97. The van der Waals surface area contributed by atoms with Crippen LogP contribution in [0.15, 0.2) is 59.0 Å². The van der Waals surface area contributed by atoms with Crippen molar-refractivity contribution < 1.29 is 18.7 Å². The Morgan fingerprint density at radius 1 is 1.11 bits per heavy atom. The molecular formula is C21H16N2O4. The topological polar surface area (TPSA) is 94.6 Å². The van der Waals surface area contributed by atoms with Crippen molar-refractivity contribution in [1.29, 1.82) is 0 Å². The van der Waals surface area contributed by atoms with Crippen molar-refractivity contribution in [3.8, 4) is 11.3 Å². The Kier molecular flexibility index (Phi) is 4.01. The van der Waals surface area contributed by atoms with E-state index in [1.54, 1.807) is 36.4 Å². The lowest BCUT2D eigenvalue weighted by atomic mass is 10.1. The molecule has 3 aromatic rings. The number of hydrogen-bond donors (Lipinski definition) is 2. The van der Waals surface area contributed by atoms with Gasteiger partial charge in [0, 0.05) is 22.5 Å². The van der Waals surface area contributed by atoms with Crippen LogP contribution < -0.4 is 11.1 Å². The standard InChI is InChI=1S/C21H16N2O4/c1-26-21(25)12-6-8-15(17(22)10-12)19-9-7-13(27-19)11-16-14-4-2-3-5-18(14)23-20(16)24/h2-11H,22H2,1H3,(H,23,24). The average molecular weight is 360 g/mol. The van der Waals surface area contributed by atoms with Crippen LogP contribution in [0.5, 0.6) is 0 Å². The maximum Gasteiger partial charge on any atom is 0.337 e. The Bertz CT molecular complexity index is 1100. The second-order valence-electron chi connectivity index (χ2n) is 6.05. The molecule has 1 aliphatic heterocycles. The number of carbonyl (C=O) groups excluding carboxylic acids is 2. The average Bonchev–Trinajstić information content (AvgIpc) is 3.26. The molecule has 6 heteroatoms. The summed E-state index contributed by atoms with van der Waals surface area (Å²) in [4.78, 5) is 23.8. The van der Waals surface area contributed by atoms with E-state index in [2.05, 4.69) is 5.32 Å². The van der Waals surface area contributed by atoms with E-state index >= 15 is 0 Å². The van der Waals surface area contributed by atoms with Gasteiger partial charge in [0.05, 0.1) is 18.2 Å². The van der Waals surface area contributed by atoms with Gasteiger partial charge in [0.2, 0.25) is 0 Å². The van der Waals surface area contributed by atoms with Gasteiger partial charge in [0.15, 0.2) is 0 Å². The minimum absolute atomic E-state index is 0.170. The van der Waals surface area contributed by atoms with Crippen LogP contribution in [0.3, 0.4) is 0 Å². The van der Waals surface area contributed by atoms with E-state index in [1.165, 1.54) is 7.11 Å². The predicted molar refractivity (Wildman–Crippen MR) is 103 cm³/mol. The highest BCUT2D eigenvalue weighted by molar-refractivity contribution is 6.34. The Hall–Kier alpha value is -3.80. The number of amides is 1. The summed E-state index contributed by atoms with van der Waals surface area (Å²) in [6.07, 6.45) is 1.70. The molecule has 0 unspecified atom stereocenters. The molecule has 0 saturated carbocycles. The van der Waals surface area contributed by atoms with E-state index < -0.39 is 5.97 Å². The van der Waals surface area contributed by atoms with E-state index in [9.17, 15) is 9.59 Å². The zero-order valence-electron chi connectivity index (χ0n) is 14.5. The zero-order valence-corrected chi connectivity index (χ0v) is 14.5. The highest BCUT2D eigenvalue weighted by Gasteiger charge is 2.24. The van der Waals surface area contributed by atoms with Gasteiger partial charge in [-0.3, -0.25) is 4.79 Å². The van der Waals surface area contributed by atoms with Crippen molar-refractivity contribution in [2.24, 2.45) is 0 Å². The van der Waals surface area contributed by atoms with E-state index in [1.807, 2.05) is 24.3 Å². The lowest BCUT2D eigenvalue weighted by molar-refractivity contribution is -0.110. The van der Waals surface area contributed by atoms with Crippen molar-refractivity contribution in [2.45, 2.75) is 0 Å². The summed E-state index contributed by atoms with van der Waals surface area (Å²) in [5.41, 5.74) is 9.64. The van der Waals surface area contributed by atoms with Gasteiger partial charge in [-0.2, -0.15) is 0 Å². The van der Waals surface area contributed by atoms with Gasteiger partial charge in [0.25, 0.3) is 5.91 Å². The van der Waals surface area contributed by atoms with Crippen molar-refractivity contribution in [2.75, 3.05) is 18.2 Å². The molecule has 1 aromatic heterocycles. The quantitative estimate of drug-likeness (QED) is 0.421. The number of nitrogens with one attached hydrogen (secondary N) is 1.